The summed E-state index contributed by atoms with van der Waals surface area (Å²) in [4.78, 5) is 18.3. The molecule has 0 spiro atoms. The van der Waals surface area contributed by atoms with E-state index in [4.69, 9.17) is 4.74 Å². The number of likely N-dealkylation sites (tertiary alicyclic amines) is 1. The van der Waals surface area contributed by atoms with Crippen LogP contribution in [-0.4, -0.2) is 43.1 Å². The summed E-state index contributed by atoms with van der Waals surface area (Å²) in [5, 5.41) is 0. The van der Waals surface area contributed by atoms with Crippen LogP contribution in [0.25, 0.3) is 0 Å². The van der Waals surface area contributed by atoms with Gasteiger partial charge in [0.1, 0.15) is 11.6 Å². The standard InChI is InChI=1S/C31H35FN2O2/c1-22-6-5-7-23(2)30(22)34(31(35)25-10-12-26(32)13-11-25)27-15-19-33(20-16-27)18-14-24-17-21-36-29-9-4-3-8-28(24)29/h3-13,24,27H,14-21H2,1-2H3. The quantitative estimate of drug-likeness (QED) is 0.398. The van der Waals surface area contributed by atoms with Crippen LogP contribution in [0.3, 0.4) is 0 Å². The number of halogens is 1. The lowest BCUT2D eigenvalue weighted by atomic mass is 9.89. The molecule has 1 fully saturated rings. The van der Waals surface area contributed by atoms with E-state index in [1.165, 1.54) is 17.7 Å². The number of hydrogen-bond donors (Lipinski definition) is 0. The molecule has 36 heavy (non-hydrogen) atoms. The third kappa shape index (κ3) is 5.17. The van der Waals surface area contributed by atoms with Gasteiger partial charge in [0.05, 0.1) is 12.3 Å². The summed E-state index contributed by atoms with van der Waals surface area (Å²) in [5.41, 5.74) is 5.03. The van der Waals surface area contributed by atoms with Crippen molar-refractivity contribution in [1.82, 2.24) is 4.90 Å². The van der Waals surface area contributed by atoms with E-state index in [-0.39, 0.29) is 17.8 Å². The Balaban J connectivity index is 1.29. The van der Waals surface area contributed by atoms with E-state index in [9.17, 15) is 9.18 Å². The Kier molecular flexibility index (Phi) is 7.38. The molecule has 1 unspecified atom stereocenters. The van der Waals surface area contributed by atoms with Crippen LogP contribution >= 0.6 is 0 Å². The number of amides is 1. The van der Waals surface area contributed by atoms with Crippen LogP contribution in [0.2, 0.25) is 0 Å². The van der Waals surface area contributed by atoms with Crippen molar-refractivity contribution >= 4 is 11.6 Å². The molecule has 188 valence electrons. The molecule has 0 bridgehead atoms. The molecule has 1 saturated heterocycles. The molecule has 0 saturated carbocycles. The first-order valence-corrected chi connectivity index (χ1v) is 13.1. The van der Waals surface area contributed by atoms with Gasteiger partial charge in [0.15, 0.2) is 0 Å². The summed E-state index contributed by atoms with van der Waals surface area (Å²) < 4.78 is 19.4. The van der Waals surface area contributed by atoms with Gasteiger partial charge in [0.25, 0.3) is 5.91 Å². The number of aryl methyl sites for hydroxylation is 2. The predicted octanol–water partition coefficient (Wildman–Crippen LogP) is 6.51. The van der Waals surface area contributed by atoms with E-state index in [0.29, 0.717) is 11.5 Å². The molecule has 2 heterocycles. The maximum Gasteiger partial charge on any atom is 0.258 e. The number of nitrogens with zero attached hydrogens (tertiary/aromatic N) is 2. The first-order chi connectivity index (χ1) is 17.5. The van der Waals surface area contributed by atoms with Gasteiger partial charge in [-0.3, -0.25) is 4.79 Å². The lowest BCUT2D eigenvalue weighted by Gasteiger charge is -2.40. The minimum absolute atomic E-state index is 0.0512. The molecule has 3 aromatic rings. The fourth-order valence-electron chi connectivity index (χ4n) is 5.82. The van der Waals surface area contributed by atoms with Crippen molar-refractivity contribution in [3.63, 3.8) is 0 Å². The van der Waals surface area contributed by atoms with Crippen LogP contribution in [0.1, 0.15) is 58.6 Å². The van der Waals surface area contributed by atoms with Crippen molar-refractivity contribution in [2.75, 3.05) is 31.1 Å². The number of piperidine rings is 1. The van der Waals surface area contributed by atoms with Gasteiger partial charge in [-0.2, -0.15) is 0 Å². The zero-order chi connectivity index (χ0) is 25.1. The Hall–Kier alpha value is -3.18. The summed E-state index contributed by atoms with van der Waals surface area (Å²) in [6.45, 7) is 7.91. The van der Waals surface area contributed by atoms with Gasteiger partial charge >= 0.3 is 0 Å². The van der Waals surface area contributed by atoms with Crippen molar-refractivity contribution in [1.29, 1.82) is 0 Å². The summed E-state index contributed by atoms with van der Waals surface area (Å²) in [6, 6.07) is 20.6. The normalized spacial score (nSPS) is 18.4. The Labute approximate surface area is 213 Å². The van der Waals surface area contributed by atoms with Gasteiger partial charge in [-0.05, 0) is 99.0 Å². The zero-order valence-electron chi connectivity index (χ0n) is 21.3. The summed E-state index contributed by atoms with van der Waals surface area (Å²) in [5.74, 6) is 1.20. The Morgan fingerprint density at radius 2 is 1.64 bits per heavy atom. The van der Waals surface area contributed by atoms with E-state index < -0.39 is 0 Å². The number of anilines is 1. The van der Waals surface area contributed by atoms with Gasteiger partial charge < -0.3 is 14.5 Å². The van der Waals surface area contributed by atoms with E-state index in [2.05, 4.69) is 49.1 Å². The average molecular weight is 487 g/mol. The second-order valence-corrected chi connectivity index (χ2v) is 10.2. The molecule has 0 radical (unpaired) electrons. The molecule has 1 amide bonds. The highest BCUT2D eigenvalue weighted by Gasteiger charge is 2.32. The number of carbonyl (C=O) groups is 1. The first kappa shape index (κ1) is 24.5. The van der Waals surface area contributed by atoms with Crippen LogP contribution in [0, 0.1) is 19.7 Å². The molecule has 5 heteroatoms. The lowest BCUT2D eigenvalue weighted by molar-refractivity contribution is 0.0958. The number of hydrogen-bond acceptors (Lipinski definition) is 3. The highest BCUT2D eigenvalue weighted by atomic mass is 19.1. The van der Waals surface area contributed by atoms with Crippen LogP contribution in [-0.2, 0) is 0 Å². The van der Waals surface area contributed by atoms with Gasteiger partial charge in [0.2, 0.25) is 0 Å². The molecule has 0 N–H and O–H groups in total. The topological polar surface area (TPSA) is 32.8 Å². The van der Waals surface area contributed by atoms with Crippen LogP contribution in [0.4, 0.5) is 10.1 Å². The third-order valence-corrected chi connectivity index (χ3v) is 7.79. The fraction of sp³-hybridized carbons (Fsp3) is 0.387. The second kappa shape index (κ2) is 10.8. The molecular formula is C31H35FN2O2. The number of benzene rings is 3. The molecule has 0 aromatic heterocycles. The van der Waals surface area contributed by atoms with E-state index in [0.717, 1.165) is 74.5 Å². The minimum Gasteiger partial charge on any atom is -0.493 e. The third-order valence-electron chi connectivity index (χ3n) is 7.79. The summed E-state index contributed by atoms with van der Waals surface area (Å²) >= 11 is 0. The minimum atomic E-state index is -0.328. The SMILES string of the molecule is Cc1cccc(C)c1N(C(=O)c1ccc(F)cc1)C1CCN(CCC2CCOc3ccccc32)CC1. The number of para-hydroxylation sites is 2. The fourth-order valence-corrected chi connectivity index (χ4v) is 5.82. The van der Waals surface area contributed by atoms with E-state index in [1.807, 2.05) is 17.0 Å². The van der Waals surface area contributed by atoms with Crippen molar-refractivity contribution in [3.05, 3.63) is 94.8 Å². The summed E-state index contributed by atoms with van der Waals surface area (Å²) in [7, 11) is 0. The van der Waals surface area contributed by atoms with Crippen molar-refractivity contribution in [2.45, 2.75) is 51.5 Å². The maximum atomic E-state index is 13.8. The van der Waals surface area contributed by atoms with Crippen molar-refractivity contribution in [3.8, 4) is 5.75 Å². The van der Waals surface area contributed by atoms with Crippen LogP contribution in [0.15, 0.2) is 66.7 Å². The molecule has 4 nitrogen and oxygen atoms in total. The van der Waals surface area contributed by atoms with Gasteiger partial charge in [-0.25, -0.2) is 4.39 Å². The highest BCUT2D eigenvalue weighted by molar-refractivity contribution is 6.07. The molecule has 0 aliphatic carbocycles. The first-order valence-electron chi connectivity index (χ1n) is 13.1. The zero-order valence-corrected chi connectivity index (χ0v) is 21.3. The number of rotatable bonds is 6. The highest BCUT2D eigenvalue weighted by Crippen LogP contribution is 2.36. The van der Waals surface area contributed by atoms with Crippen LogP contribution in [0.5, 0.6) is 5.75 Å². The molecular weight excluding hydrogens is 451 g/mol. The Bertz CT molecular complexity index is 1180. The van der Waals surface area contributed by atoms with E-state index >= 15 is 0 Å². The second-order valence-electron chi connectivity index (χ2n) is 10.2. The average Bonchev–Trinajstić information content (AvgIpc) is 2.90. The number of ether oxygens (including phenoxy) is 1. The number of fused-ring (bicyclic) bond motifs is 1. The molecule has 1 atom stereocenters. The predicted molar refractivity (Wildman–Crippen MR) is 142 cm³/mol. The maximum absolute atomic E-state index is 13.8. The lowest BCUT2D eigenvalue weighted by Crippen LogP contribution is -2.48. The molecule has 2 aliphatic heterocycles. The van der Waals surface area contributed by atoms with Crippen molar-refractivity contribution < 1.29 is 13.9 Å². The summed E-state index contributed by atoms with van der Waals surface area (Å²) in [6.07, 6.45) is 4.04. The monoisotopic (exact) mass is 486 g/mol. The molecule has 5 rings (SSSR count). The Morgan fingerprint density at radius 3 is 2.36 bits per heavy atom. The smallest absolute Gasteiger partial charge is 0.258 e. The van der Waals surface area contributed by atoms with Gasteiger partial charge in [0, 0.05) is 24.7 Å². The largest absolute Gasteiger partial charge is 0.493 e. The number of carbonyl (C=O) groups excluding carboxylic acids is 1. The van der Waals surface area contributed by atoms with Gasteiger partial charge in [-0.15, -0.1) is 0 Å². The van der Waals surface area contributed by atoms with E-state index in [1.54, 1.807) is 12.1 Å². The molecule has 2 aliphatic rings. The van der Waals surface area contributed by atoms with Crippen molar-refractivity contribution in [2.24, 2.45) is 0 Å². The van der Waals surface area contributed by atoms with Crippen LogP contribution < -0.4 is 9.64 Å². The Morgan fingerprint density at radius 1 is 0.944 bits per heavy atom. The molecule has 3 aromatic carbocycles. The van der Waals surface area contributed by atoms with Gasteiger partial charge in [-0.1, -0.05) is 36.4 Å².